The molecular weight excluding hydrogens is 224 g/mol. The molecule has 0 atom stereocenters. The number of nitrogens with one attached hydrogen (secondary N) is 1. The average Bonchev–Trinajstić information content (AvgIpc) is 2.27. The van der Waals surface area contributed by atoms with Gasteiger partial charge >= 0.3 is 6.09 Å². The summed E-state index contributed by atoms with van der Waals surface area (Å²) in [5.74, 6) is -0.116. The first-order valence-electron chi connectivity index (χ1n) is 5.06. The lowest BCUT2D eigenvalue weighted by atomic mass is 10.3. The molecule has 0 aliphatic rings. The van der Waals surface area contributed by atoms with E-state index in [2.05, 4.69) is 4.74 Å². The molecule has 0 bridgehead atoms. The van der Waals surface area contributed by atoms with Gasteiger partial charge in [-0.25, -0.2) is 4.79 Å². The molecule has 92 valence electrons. The van der Waals surface area contributed by atoms with Crippen molar-refractivity contribution >= 4 is 17.7 Å². The number of nitrogen functional groups attached to an aromatic ring is 1. The maximum absolute atomic E-state index is 11.2. The minimum absolute atomic E-state index is 0.204. The van der Waals surface area contributed by atoms with Crippen LogP contribution in [0.1, 0.15) is 6.92 Å². The van der Waals surface area contributed by atoms with Crippen LogP contribution in [0.4, 0.5) is 10.5 Å². The second-order valence-corrected chi connectivity index (χ2v) is 3.13. The van der Waals surface area contributed by atoms with E-state index in [0.29, 0.717) is 11.4 Å². The zero-order valence-corrected chi connectivity index (χ0v) is 9.43. The molecule has 0 fully saturated rings. The summed E-state index contributed by atoms with van der Waals surface area (Å²) in [7, 11) is 0. The molecule has 0 saturated carbocycles. The van der Waals surface area contributed by atoms with Crippen LogP contribution in [-0.2, 0) is 9.53 Å². The molecule has 0 aliphatic carbocycles. The van der Waals surface area contributed by atoms with Gasteiger partial charge in [-0.1, -0.05) is 6.07 Å². The second kappa shape index (κ2) is 6.37. The molecule has 0 aliphatic heterocycles. The molecular formula is C11H14N2O4. The van der Waals surface area contributed by atoms with E-state index in [1.54, 1.807) is 31.2 Å². The van der Waals surface area contributed by atoms with Gasteiger partial charge in [0.1, 0.15) is 5.75 Å². The maximum atomic E-state index is 11.2. The summed E-state index contributed by atoms with van der Waals surface area (Å²) in [6.07, 6.45) is -0.784. The topological polar surface area (TPSA) is 90.6 Å². The van der Waals surface area contributed by atoms with Crippen molar-refractivity contribution in [3.8, 4) is 5.75 Å². The summed E-state index contributed by atoms with van der Waals surface area (Å²) in [6.45, 7) is 1.57. The lowest BCUT2D eigenvalue weighted by Gasteiger charge is -2.06. The van der Waals surface area contributed by atoms with Gasteiger partial charge in [0.05, 0.1) is 6.61 Å². The minimum Gasteiger partial charge on any atom is -0.484 e. The fourth-order valence-electron chi connectivity index (χ4n) is 1.07. The quantitative estimate of drug-likeness (QED) is 0.761. The van der Waals surface area contributed by atoms with Crippen LogP contribution in [0.15, 0.2) is 24.3 Å². The molecule has 6 nitrogen and oxygen atoms in total. The zero-order chi connectivity index (χ0) is 12.7. The fourth-order valence-corrected chi connectivity index (χ4v) is 1.07. The number of alkyl carbamates (subject to hydrolysis) is 1. The van der Waals surface area contributed by atoms with Crippen molar-refractivity contribution < 1.29 is 19.1 Å². The van der Waals surface area contributed by atoms with Gasteiger partial charge in [0.25, 0.3) is 5.91 Å². The number of amides is 2. The lowest BCUT2D eigenvalue weighted by Crippen LogP contribution is -2.34. The van der Waals surface area contributed by atoms with Gasteiger partial charge in [0, 0.05) is 11.8 Å². The number of nitrogens with two attached hydrogens (primary N) is 1. The van der Waals surface area contributed by atoms with Crippen molar-refractivity contribution in [3.05, 3.63) is 24.3 Å². The van der Waals surface area contributed by atoms with Crippen LogP contribution < -0.4 is 15.8 Å². The zero-order valence-electron chi connectivity index (χ0n) is 9.43. The molecule has 1 aromatic carbocycles. The number of hydrogen-bond donors (Lipinski definition) is 2. The van der Waals surface area contributed by atoms with E-state index in [1.165, 1.54) is 0 Å². The van der Waals surface area contributed by atoms with Gasteiger partial charge in [-0.2, -0.15) is 0 Å². The van der Waals surface area contributed by atoms with E-state index in [0.717, 1.165) is 0 Å². The summed E-state index contributed by atoms with van der Waals surface area (Å²) in [5.41, 5.74) is 6.07. The fraction of sp³-hybridized carbons (Fsp3) is 0.273. The number of imide groups is 1. The predicted molar refractivity (Wildman–Crippen MR) is 61.5 cm³/mol. The number of benzene rings is 1. The van der Waals surface area contributed by atoms with Gasteiger partial charge in [-0.3, -0.25) is 10.1 Å². The van der Waals surface area contributed by atoms with E-state index in [9.17, 15) is 9.59 Å². The molecule has 3 N–H and O–H groups in total. The highest BCUT2D eigenvalue weighted by Crippen LogP contribution is 2.13. The van der Waals surface area contributed by atoms with Crippen LogP contribution >= 0.6 is 0 Å². The molecule has 0 spiro atoms. The molecule has 17 heavy (non-hydrogen) atoms. The summed E-state index contributed by atoms with van der Waals surface area (Å²) in [5, 5.41) is 2.01. The third-order valence-corrected chi connectivity index (χ3v) is 1.74. The number of anilines is 1. The van der Waals surface area contributed by atoms with E-state index < -0.39 is 12.0 Å². The van der Waals surface area contributed by atoms with Gasteiger partial charge in [0.15, 0.2) is 6.61 Å². The predicted octanol–water partition coefficient (Wildman–Crippen LogP) is 0.920. The lowest BCUT2D eigenvalue weighted by molar-refractivity contribution is -0.122. The van der Waals surface area contributed by atoms with Crippen molar-refractivity contribution in [1.29, 1.82) is 0 Å². The van der Waals surface area contributed by atoms with Crippen molar-refractivity contribution in [2.75, 3.05) is 18.9 Å². The smallest absolute Gasteiger partial charge is 0.413 e. The van der Waals surface area contributed by atoms with E-state index in [-0.39, 0.29) is 13.2 Å². The normalized spacial score (nSPS) is 9.47. The van der Waals surface area contributed by atoms with Crippen LogP contribution in [0.25, 0.3) is 0 Å². The monoisotopic (exact) mass is 238 g/mol. The Morgan fingerprint density at radius 1 is 1.41 bits per heavy atom. The molecule has 0 saturated heterocycles. The molecule has 0 radical (unpaired) electrons. The van der Waals surface area contributed by atoms with Crippen molar-refractivity contribution in [2.24, 2.45) is 0 Å². The van der Waals surface area contributed by atoms with E-state index in [4.69, 9.17) is 10.5 Å². The number of rotatable bonds is 4. The van der Waals surface area contributed by atoms with Crippen molar-refractivity contribution in [3.63, 3.8) is 0 Å². The summed E-state index contributed by atoms with van der Waals surface area (Å²) in [6, 6.07) is 6.64. The first kappa shape index (κ1) is 12.8. The highest BCUT2D eigenvalue weighted by molar-refractivity contribution is 5.92. The van der Waals surface area contributed by atoms with Crippen LogP contribution in [0, 0.1) is 0 Å². The number of hydrogen-bond acceptors (Lipinski definition) is 5. The van der Waals surface area contributed by atoms with Crippen LogP contribution in [0.5, 0.6) is 5.75 Å². The SMILES string of the molecule is CCOC(=O)NC(=O)COc1cccc(N)c1. The number of ether oxygens (including phenoxy) is 2. The van der Waals surface area contributed by atoms with Gasteiger partial charge in [-0.05, 0) is 19.1 Å². The Labute approximate surface area is 98.7 Å². The third-order valence-electron chi connectivity index (χ3n) is 1.74. The first-order valence-corrected chi connectivity index (χ1v) is 5.06. The van der Waals surface area contributed by atoms with E-state index in [1.807, 2.05) is 5.32 Å². The highest BCUT2D eigenvalue weighted by Gasteiger charge is 2.08. The number of carbonyl (C=O) groups is 2. The van der Waals surface area contributed by atoms with Crippen LogP contribution in [-0.4, -0.2) is 25.2 Å². The maximum Gasteiger partial charge on any atom is 0.413 e. The Hall–Kier alpha value is -2.24. The Morgan fingerprint density at radius 2 is 2.18 bits per heavy atom. The molecule has 0 aromatic heterocycles. The molecule has 0 unspecified atom stereocenters. The second-order valence-electron chi connectivity index (χ2n) is 3.13. The largest absolute Gasteiger partial charge is 0.484 e. The van der Waals surface area contributed by atoms with Crippen LogP contribution in [0.2, 0.25) is 0 Å². The average molecular weight is 238 g/mol. The van der Waals surface area contributed by atoms with Gasteiger partial charge < -0.3 is 15.2 Å². The summed E-state index contributed by atoms with van der Waals surface area (Å²) < 4.78 is 9.67. The molecule has 0 heterocycles. The standard InChI is InChI=1S/C11H14N2O4/c1-2-16-11(15)13-10(14)7-17-9-5-3-4-8(12)6-9/h3-6H,2,7,12H2,1H3,(H,13,14,15). The summed E-state index contributed by atoms with van der Waals surface area (Å²) in [4.78, 5) is 22.1. The molecule has 1 rings (SSSR count). The highest BCUT2D eigenvalue weighted by atomic mass is 16.5. The molecule has 2 amide bonds. The summed E-state index contributed by atoms with van der Waals surface area (Å²) >= 11 is 0. The Morgan fingerprint density at radius 3 is 2.82 bits per heavy atom. The van der Waals surface area contributed by atoms with Crippen LogP contribution in [0.3, 0.4) is 0 Å². The van der Waals surface area contributed by atoms with Gasteiger partial charge in [0.2, 0.25) is 0 Å². The number of carbonyl (C=O) groups excluding carboxylic acids is 2. The third kappa shape index (κ3) is 4.87. The Bertz CT molecular complexity index is 406. The molecule has 1 aromatic rings. The molecule has 6 heteroatoms. The minimum atomic E-state index is -0.784. The first-order chi connectivity index (χ1) is 8.11. The van der Waals surface area contributed by atoms with Crippen molar-refractivity contribution in [2.45, 2.75) is 6.92 Å². The van der Waals surface area contributed by atoms with E-state index >= 15 is 0 Å². The van der Waals surface area contributed by atoms with Gasteiger partial charge in [-0.15, -0.1) is 0 Å². The Balaban J connectivity index is 2.35. The van der Waals surface area contributed by atoms with Crippen molar-refractivity contribution in [1.82, 2.24) is 5.32 Å². The Kier molecular flexibility index (Phi) is 4.80.